The smallest absolute Gasteiger partial charge is 0.135 e. The molecule has 4 heteroatoms. The van der Waals surface area contributed by atoms with Gasteiger partial charge in [0, 0.05) is 57.8 Å². The van der Waals surface area contributed by atoms with Gasteiger partial charge in [-0.1, -0.05) is 127 Å². The fourth-order valence-electron chi connectivity index (χ4n) is 7.82. The van der Waals surface area contributed by atoms with Crippen molar-refractivity contribution in [3.63, 3.8) is 0 Å². The number of hydrogen-bond donors (Lipinski definition) is 0. The van der Waals surface area contributed by atoms with Gasteiger partial charge in [0.2, 0.25) is 0 Å². The van der Waals surface area contributed by atoms with Crippen LogP contribution in [-0.2, 0) is 0 Å². The highest BCUT2D eigenvalue weighted by molar-refractivity contribution is 7.27. The second kappa shape index (κ2) is 11.7. The average molecular weight is 700 g/mol. The molecule has 52 heavy (non-hydrogen) atoms. The van der Waals surface area contributed by atoms with Gasteiger partial charge in [0.05, 0.1) is 10.4 Å². The lowest BCUT2D eigenvalue weighted by Gasteiger charge is -2.26. The fraction of sp³-hybridized carbons (Fsp3) is 0. The van der Waals surface area contributed by atoms with Gasteiger partial charge in [0.25, 0.3) is 0 Å². The van der Waals surface area contributed by atoms with Crippen LogP contribution in [0.3, 0.4) is 0 Å². The van der Waals surface area contributed by atoms with Gasteiger partial charge in [-0.25, -0.2) is 0 Å². The van der Waals surface area contributed by atoms with E-state index in [1.165, 1.54) is 62.6 Å². The van der Waals surface area contributed by atoms with Gasteiger partial charge in [-0.3, -0.25) is 0 Å². The molecule has 0 aliphatic heterocycles. The third-order valence-corrected chi connectivity index (χ3v) is 12.7. The van der Waals surface area contributed by atoms with Crippen LogP contribution in [0, 0.1) is 0 Å². The molecule has 0 atom stereocenters. The molecule has 0 spiro atoms. The van der Waals surface area contributed by atoms with Crippen LogP contribution < -0.4 is 4.90 Å². The van der Waals surface area contributed by atoms with E-state index in [9.17, 15) is 0 Å². The second-order valence-electron chi connectivity index (χ2n) is 13.3. The molecule has 0 aliphatic rings. The predicted molar refractivity (Wildman–Crippen MR) is 225 cm³/mol. The monoisotopic (exact) mass is 699 g/mol. The number of nitrogens with zero attached hydrogens (tertiary/aromatic N) is 1. The van der Waals surface area contributed by atoms with Gasteiger partial charge in [-0.05, 0) is 70.8 Å². The Morgan fingerprint density at radius 1 is 0.365 bits per heavy atom. The van der Waals surface area contributed by atoms with Gasteiger partial charge in [0.15, 0.2) is 0 Å². The topological polar surface area (TPSA) is 16.4 Å². The molecule has 0 bridgehead atoms. The van der Waals surface area contributed by atoms with E-state index in [4.69, 9.17) is 4.42 Å². The summed E-state index contributed by atoms with van der Waals surface area (Å²) in [5.74, 6) is 0. The Morgan fingerprint density at radius 2 is 1.00 bits per heavy atom. The van der Waals surface area contributed by atoms with Crippen molar-refractivity contribution in [3.05, 3.63) is 176 Å². The summed E-state index contributed by atoms with van der Waals surface area (Å²) in [6.07, 6.45) is 0. The maximum Gasteiger partial charge on any atom is 0.135 e. The SMILES string of the molecule is c1ccc(-c2ccc3c(c2)sc2cc(N(c4ccc5oc6ccccc6c5c4)c4cccc5c4sc4c(-c6ccccc6)cccc45)ccc23)cc1. The molecule has 11 aromatic rings. The summed E-state index contributed by atoms with van der Waals surface area (Å²) in [6.45, 7) is 0. The van der Waals surface area contributed by atoms with Crippen molar-refractivity contribution in [2.75, 3.05) is 4.90 Å². The van der Waals surface area contributed by atoms with Crippen molar-refractivity contribution < 1.29 is 4.42 Å². The van der Waals surface area contributed by atoms with Crippen molar-refractivity contribution in [3.8, 4) is 22.3 Å². The number of thiophene rings is 2. The molecule has 0 unspecified atom stereocenters. The molecule has 0 radical (unpaired) electrons. The van der Waals surface area contributed by atoms with Crippen molar-refractivity contribution >= 4 is 102 Å². The number of hydrogen-bond acceptors (Lipinski definition) is 4. The highest BCUT2D eigenvalue weighted by Crippen LogP contribution is 2.49. The molecule has 3 aromatic heterocycles. The summed E-state index contributed by atoms with van der Waals surface area (Å²) in [5.41, 5.74) is 10.2. The van der Waals surface area contributed by atoms with E-state index in [1.807, 2.05) is 34.8 Å². The molecule has 8 aromatic carbocycles. The van der Waals surface area contributed by atoms with E-state index in [0.717, 1.165) is 39.0 Å². The largest absolute Gasteiger partial charge is 0.456 e. The van der Waals surface area contributed by atoms with E-state index in [0.29, 0.717) is 0 Å². The first kappa shape index (κ1) is 29.5. The van der Waals surface area contributed by atoms with Crippen LogP contribution in [0.1, 0.15) is 0 Å². The lowest BCUT2D eigenvalue weighted by atomic mass is 10.0. The minimum Gasteiger partial charge on any atom is -0.456 e. The molecule has 244 valence electrons. The Hall–Kier alpha value is -6.20. The van der Waals surface area contributed by atoms with E-state index < -0.39 is 0 Å². The summed E-state index contributed by atoms with van der Waals surface area (Å²) in [4.78, 5) is 2.44. The van der Waals surface area contributed by atoms with Crippen LogP contribution in [0.5, 0.6) is 0 Å². The predicted octanol–water partition coefficient (Wildman–Crippen LogP) is 15.1. The lowest BCUT2D eigenvalue weighted by molar-refractivity contribution is 0.669. The van der Waals surface area contributed by atoms with Crippen molar-refractivity contribution in [1.82, 2.24) is 0 Å². The maximum atomic E-state index is 6.28. The molecular formula is C48H29NOS2. The van der Waals surface area contributed by atoms with E-state index in [-0.39, 0.29) is 0 Å². The van der Waals surface area contributed by atoms with Crippen molar-refractivity contribution in [1.29, 1.82) is 0 Å². The van der Waals surface area contributed by atoms with Crippen LogP contribution in [0.2, 0.25) is 0 Å². The molecule has 0 saturated carbocycles. The normalized spacial score (nSPS) is 11.8. The van der Waals surface area contributed by atoms with Gasteiger partial charge in [-0.15, -0.1) is 22.7 Å². The quantitative estimate of drug-likeness (QED) is 0.178. The molecular weight excluding hydrogens is 671 g/mol. The zero-order valence-electron chi connectivity index (χ0n) is 27.9. The Morgan fingerprint density at radius 3 is 1.85 bits per heavy atom. The average Bonchev–Trinajstić information content (AvgIpc) is 3.89. The summed E-state index contributed by atoms with van der Waals surface area (Å²) in [7, 11) is 0. The lowest BCUT2D eigenvalue weighted by Crippen LogP contribution is -2.09. The molecule has 3 heterocycles. The minimum atomic E-state index is 0.895. The number of furan rings is 1. The van der Waals surface area contributed by atoms with Crippen LogP contribution >= 0.6 is 22.7 Å². The van der Waals surface area contributed by atoms with Crippen LogP contribution in [0.4, 0.5) is 17.1 Å². The Balaban J connectivity index is 1.15. The Labute approximate surface area is 308 Å². The van der Waals surface area contributed by atoms with Crippen LogP contribution in [0.25, 0.3) is 84.5 Å². The summed E-state index contributed by atoms with van der Waals surface area (Å²) < 4.78 is 11.4. The zero-order valence-corrected chi connectivity index (χ0v) is 29.5. The molecule has 11 rings (SSSR count). The fourth-order valence-corrected chi connectivity index (χ4v) is 10.3. The number of para-hydroxylation sites is 1. The first-order valence-corrected chi connectivity index (χ1v) is 19.1. The Bertz CT molecular complexity index is 3130. The first-order chi connectivity index (χ1) is 25.8. The second-order valence-corrected chi connectivity index (χ2v) is 15.4. The summed E-state index contributed by atoms with van der Waals surface area (Å²) in [6, 6.07) is 63.7. The first-order valence-electron chi connectivity index (χ1n) is 17.5. The third kappa shape index (κ3) is 4.62. The van der Waals surface area contributed by atoms with E-state index in [2.05, 4.69) is 169 Å². The maximum absolute atomic E-state index is 6.28. The van der Waals surface area contributed by atoms with E-state index in [1.54, 1.807) is 0 Å². The van der Waals surface area contributed by atoms with Crippen molar-refractivity contribution in [2.24, 2.45) is 0 Å². The van der Waals surface area contributed by atoms with E-state index >= 15 is 0 Å². The third-order valence-electron chi connectivity index (χ3n) is 10.3. The molecule has 0 saturated heterocycles. The summed E-state index contributed by atoms with van der Waals surface area (Å²) >= 11 is 3.75. The molecule has 0 amide bonds. The number of rotatable bonds is 5. The number of fused-ring (bicyclic) bond motifs is 9. The highest BCUT2D eigenvalue weighted by Gasteiger charge is 2.21. The van der Waals surface area contributed by atoms with Gasteiger partial charge in [0.1, 0.15) is 11.2 Å². The zero-order chi connectivity index (χ0) is 34.2. The van der Waals surface area contributed by atoms with Gasteiger partial charge in [-0.2, -0.15) is 0 Å². The summed E-state index contributed by atoms with van der Waals surface area (Å²) in [5, 5.41) is 7.38. The number of benzene rings is 8. The van der Waals surface area contributed by atoms with Gasteiger partial charge < -0.3 is 9.32 Å². The van der Waals surface area contributed by atoms with Crippen LogP contribution in [0.15, 0.2) is 180 Å². The van der Waals surface area contributed by atoms with Gasteiger partial charge >= 0.3 is 0 Å². The Kier molecular flexibility index (Phi) is 6.63. The molecule has 0 N–H and O–H groups in total. The van der Waals surface area contributed by atoms with Crippen molar-refractivity contribution in [2.45, 2.75) is 0 Å². The standard InChI is InChI=1S/C48H29NOS2/c1-3-11-30(12-4-1)32-21-24-37-38-25-22-34(29-46(38)51-45(37)27-32)49(33-23-26-44-41(28-33)36-15-7-8-20-43(36)50-44)42-19-10-18-40-39-17-9-16-35(47(39)52-48(40)42)31-13-5-2-6-14-31/h1-29H. The van der Waals surface area contributed by atoms with Crippen LogP contribution in [-0.4, -0.2) is 0 Å². The minimum absolute atomic E-state index is 0.895. The number of anilines is 3. The molecule has 0 fully saturated rings. The molecule has 0 aliphatic carbocycles. The highest BCUT2D eigenvalue weighted by atomic mass is 32.1. The molecule has 2 nitrogen and oxygen atoms in total.